The number of halogens is 2. The fourth-order valence-electron chi connectivity index (χ4n) is 3.76. The van der Waals surface area contributed by atoms with Crippen molar-refractivity contribution in [2.24, 2.45) is 0 Å². The Morgan fingerprint density at radius 1 is 0.946 bits per heavy atom. The molecule has 3 rings (SSSR count). The highest BCUT2D eigenvalue weighted by Crippen LogP contribution is 2.28. The van der Waals surface area contributed by atoms with Crippen LogP contribution in [-0.2, 0) is 27.7 Å². The fourth-order valence-corrected chi connectivity index (χ4v) is 4.03. The molecule has 2 unspecified atom stereocenters. The summed E-state index contributed by atoms with van der Waals surface area (Å²) in [7, 11) is 0. The Bertz CT molecular complexity index is 1270. The van der Waals surface area contributed by atoms with E-state index in [0.717, 1.165) is 28.8 Å². The van der Waals surface area contributed by atoms with E-state index >= 15 is 0 Å². The van der Waals surface area contributed by atoms with Crippen LogP contribution in [0.25, 0.3) is 0 Å². The number of anilines is 1. The molecule has 2 amide bonds. The van der Waals surface area contributed by atoms with Gasteiger partial charge in [-0.05, 0) is 52.8 Å². The Morgan fingerprint density at radius 3 is 2.16 bits per heavy atom. The van der Waals surface area contributed by atoms with Crippen molar-refractivity contribution in [3.8, 4) is 0 Å². The first kappa shape index (κ1) is 28.1. The van der Waals surface area contributed by atoms with Gasteiger partial charge in [-0.1, -0.05) is 68.2 Å². The van der Waals surface area contributed by atoms with Crippen LogP contribution in [0, 0.1) is 11.6 Å². The van der Waals surface area contributed by atoms with Gasteiger partial charge in [0.25, 0.3) is 5.91 Å². The predicted molar refractivity (Wildman–Crippen MR) is 139 cm³/mol. The lowest BCUT2D eigenvalue weighted by atomic mass is 9.84. The Labute approximate surface area is 217 Å². The smallest absolute Gasteiger partial charge is 0.251 e. The second kappa shape index (κ2) is 12.2. The average molecular weight is 528 g/mol. The summed E-state index contributed by atoms with van der Waals surface area (Å²) in [5, 5.41) is 5.21. The molecule has 0 saturated carbocycles. The van der Waals surface area contributed by atoms with E-state index in [1.807, 2.05) is 24.3 Å². The first-order valence-corrected chi connectivity index (χ1v) is 13.0. The molecule has 0 bridgehead atoms. The van der Waals surface area contributed by atoms with Gasteiger partial charge < -0.3 is 15.2 Å². The lowest BCUT2D eigenvalue weighted by Crippen LogP contribution is -2.27. The minimum absolute atomic E-state index is 0.00742. The molecule has 0 saturated heterocycles. The first-order valence-electron chi connectivity index (χ1n) is 11.7. The number of carbonyl (C=O) groups excluding carboxylic acids is 2. The Balaban J connectivity index is 1.82. The van der Waals surface area contributed by atoms with E-state index in [0.29, 0.717) is 12.0 Å². The van der Waals surface area contributed by atoms with Crippen molar-refractivity contribution in [2.45, 2.75) is 38.5 Å². The van der Waals surface area contributed by atoms with E-state index in [1.54, 1.807) is 24.3 Å². The van der Waals surface area contributed by atoms with E-state index in [9.17, 15) is 27.1 Å². The summed E-state index contributed by atoms with van der Waals surface area (Å²) in [6.07, 6.45) is 0.293. The van der Waals surface area contributed by atoms with Gasteiger partial charge in [0.15, 0.2) is 11.6 Å². The summed E-state index contributed by atoms with van der Waals surface area (Å²) in [6, 6.07) is 17.5. The van der Waals surface area contributed by atoms with Crippen molar-refractivity contribution in [2.75, 3.05) is 17.6 Å². The fraction of sp³-hybridized carbons (Fsp3) is 0.286. The highest BCUT2D eigenvalue weighted by atomic mass is 32.2. The molecule has 2 atom stereocenters. The minimum atomic E-state index is -2.24. The van der Waals surface area contributed by atoms with Crippen LogP contribution in [0.5, 0.6) is 0 Å². The Kier molecular flexibility index (Phi) is 9.29. The maximum absolute atomic E-state index is 13.7. The van der Waals surface area contributed by atoms with Gasteiger partial charge >= 0.3 is 0 Å². The van der Waals surface area contributed by atoms with Gasteiger partial charge in [0.1, 0.15) is 0 Å². The van der Waals surface area contributed by atoms with Crippen LogP contribution in [0.3, 0.4) is 0 Å². The zero-order chi connectivity index (χ0) is 27.2. The number of hydrogen-bond donors (Lipinski definition) is 2. The van der Waals surface area contributed by atoms with Crippen molar-refractivity contribution >= 4 is 28.6 Å². The Morgan fingerprint density at radius 2 is 1.59 bits per heavy atom. The molecule has 6 nitrogen and oxygen atoms in total. The zero-order valence-corrected chi connectivity index (χ0v) is 21.7. The van der Waals surface area contributed by atoms with Crippen LogP contribution in [-0.4, -0.2) is 32.9 Å². The summed E-state index contributed by atoms with van der Waals surface area (Å²) >= 11 is -2.24. The molecule has 0 aliphatic heterocycles. The molecule has 0 aromatic heterocycles. The van der Waals surface area contributed by atoms with E-state index < -0.39 is 34.5 Å². The molecule has 9 heteroatoms. The summed E-state index contributed by atoms with van der Waals surface area (Å²) < 4.78 is 48.3. The maximum atomic E-state index is 13.7. The molecule has 0 heterocycles. The summed E-state index contributed by atoms with van der Waals surface area (Å²) in [6.45, 7) is 6.28. The molecule has 37 heavy (non-hydrogen) atoms. The van der Waals surface area contributed by atoms with Gasteiger partial charge in [-0.3, -0.25) is 13.8 Å². The van der Waals surface area contributed by atoms with Crippen molar-refractivity contribution in [1.82, 2.24) is 5.32 Å². The van der Waals surface area contributed by atoms with Crippen molar-refractivity contribution in [3.63, 3.8) is 0 Å². The van der Waals surface area contributed by atoms with Crippen LogP contribution in [0.4, 0.5) is 14.5 Å². The molecular weight excluding hydrogens is 498 g/mol. The molecule has 0 fully saturated rings. The monoisotopic (exact) mass is 527 g/mol. The van der Waals surface area contributed by atoms with E-state index in [-0.39, 0.29) is 29.3 Å². The first-order chi connectivity index (χ1) is 17.4. The van der Waals surface area contributed by atoms with Crippen molar-refractivity contribution in [1.29, 1.82) is 0 Å². The quantitative estimate of drug-likeness (QED) is 0.389. The SMILES string of the molecule is CC(C)(C)c1ccc(C(Cc2ccc(C(=O)NCCS(=O)[O-])cc2)C(=O)Nc2ccc(F)c(F)c2)cc1. The molecule has 2 N–H and O–H groups in total. The van der Waals surface area contributed by atoms with Gasteiger partial charge in [0.05, 0.1) is 5.92 Å². The lowest BCUT2D eigenvalue weighted by Gasteiger charge is -2.22. The van der Waals surface area contributed by atoms with Crippen molar-refractivity contribution < 1.29 is 27.1 Å². The molecule has 0 spiro atoms. The van der Waals surface area contributed by atoms with Crippen LogP contribution >= 0.6 is 0 Å². The van der Waals surface area contributed by atoms with Crippen LogP contribution in [0.15, 0.2) is 66.7 Å². The molecule has 196 valence electrons. The van der Waals surface area contributed by atoms with Gasteiger partial charge in [-0.25, -0.2) is 8.78 Å². The zero-order valence-electron chi connectivity index (χ0n) is 20.8. The molecule has 0 aliphatic carbocycles. The number of hydrogen-bond acceptors (Lipinski definition) is 4. The third kappa shape index (κ3) is 8.03. The minimum Gasteiger partial charge on any atom is -0.772 e. The van der Waals surface area contributed by atoms with E-state index in [1.165, 1.54) is 6.07 Å². The van der Waals surface area contributed by atoms with Crippen LogP contribution in [0.2, 0.25) is 0 Å². The van der Waals surface area contributed by atoms with Gasteiger partial charge in [0, 0.05) is 29.6 Å². The molecular formula is C28H29F2N2O4S-. The van der Waals surface area contributed by atoms with Crippen LogP contribution < -0.4 is 10.6 Å². The van der Waals surface area contributed by atoms with Gasteiger partial charge in [-0.15, -0.1) is 0 Å². The highest BCUT2D eigenvalue weighted by Gasteiger charge is 2.23. The second-order valence-corrected chi connectivity index (χ2v) is 10.7. The highest BCUT2D eigenvalue weighted by molar-refractivity contribution is 7.79. The average Bonchev–Trinajstić information content (AvgIpc) is 2.84. The molecule has 3 aromatic carbocycles. The number of nitrogens with one attached hydrogen (secondary N) is 2. The Hall–Kier alpha value is -3.43. The largest absolute Gasteiger partial charge is 0.772 e. The number of carbonyl (C=O) groups is 2. The van der Waals surface area contributed by atoms with Crippen molar-refractivity contribution in [3.05, 3.63) is 101 Å². The normalized spacial score (nSPS) is 13.0. The van der Waals surface area contributed by atoms with E-state index in [4.69, 9.17) is 0 Å². The summed E-state index contributed by atoms with van der Waals surface area (Å²) in [4.78, 5) is 25.5. The summed E-state index contributed by atoms with van der Waals surface area (Å²) in [5.41, 5.74) is 3.07. The van der Waals surface area contributed by atoms with Gasteiger partial charge in [-0.2, -0.15) is 0 Å². The molecule has 0 aliphatic rings. The third-order valence-corrected chi connectivity index (χ3v) is 6.43. The number of benzene rings is 3. The maximum Gasteiger partial charge on any atom is 0.251 e. The second-order valence-electron chi connectivity index (χ2n) is 9.71. The molecule has 3 aromatic rings. The predicted octanol–water partition coefficient (Wildman–Crippen LogP) is 4.84. The molecule has 0 radical (unpaired) electrons. The standard InChI is InChI=1S/C28H30F2N2O4S/c1-28(2,3)21-10-8-19(9-11-21)23(27(34)32-22-12-13-24(29)25(30)17-22)16-18-4-6-20(7-5-18)26(33)31-14-15-37(35)36/h4-13,17,23H,14-16H2,1-3H3,(H,31,33)(H,32,34)(H,35,36)/p-1. The topological polar surface area (TPSA) is 98.3 Å². The lowest BCUT2D eigenvalue weighted by molar-refractivity contribution is -0.117. The van der Waals surface area contributed by atoms with Crippen LogP contribution in [0.1, 0.15) is 53.7 Å². The summed E-state index contributed by atoms with van der Waals surface area (Å²) in [5.74, 6) is -3.66. The third-order valence-electron chi connectivity index (χ3n) is 5.89. The van der Waals surface area contributed by atoms with E-state index in [2.05, 4.69) is 31.4 Å². The number of amides is 2. The number of rotatable bonds is 9. The van der Waals surface area contributed by atoms with Gasteiger partial charge in [0.2, 0.25) is 5.91 Å².